The number of hydrogen-bond acceptors (Lipinski definition) is 5. The van der Waals surface area contributed by atoms with Crippen LogP contribution in [0.25, 0.3) is 0 Å². The number of sulfonamides is 1. The molecule has 0 aliphatic carbocycles. The van der Waals surface area contributed by atoms with E-state index >= 15 is 0 Å². The van der Waals surface area contributed by atoms with Crippen LogP contribution >= 0.6 is 11.6 Å². The highest BCUT2D eigenvalue weighted by Gasteiger charge is 2.31. The summed E-state index contributed by atoms with van der Waals surface area (Å²) in [4.78, 5) is 10.9. The molecule has 1 aliphatic heterocycles. The van der Waals surface area contributed by atoms with Gasteiger partial charge in [0.25, 0.3) is 0 Å². The molecule has 7 nitrogen and oxygen atoms in total. The Bertz CT molecular complexity index is 647. The highest BCUT2D eigenvalue weighted by atomic mass is 35.5. The predicted octanol–water partition coefficient (Wildman–Crippen LogP) is 0.420. The Kier molecular flexibility index (Phi) is 4.84. The number of carboxylic acid groups (broad SMARTS) is 1. The van der Waals surface area contributed by atoms with Gasteiger partial charge < -0.3 is 14.9 Å². The molecule has 0 radical (unpaired) electrons. The molecule has 1 fully saturated rings. The minimum atomic E-state index is -3.86. The number of nitrogens with zero attached hydrogens (tertiary/aromatic N) is 1. The van der Waals surface area contributed by atoms with Crippen molar-refractivity contribution in [3.8, 4) is 0 Å². The van der Waals surface area contributed by atoms with Crippen LogP contribution in [0.5, 0.6) is 0 Å². The zero-order chi connectivity index (χ0) is 15.6. The summed E-state index contributed by atoms with van der Waals surface area (Å²) in [5, 5.41) is 18.0. The first-order chi connectivity index (χ1) is 9.86. The fourth-order valence-electron chi connectivity index (χ4n) is 2.00. The fourth-order valence-corrected chi connectivity index (χ4v) is 3.68. The van der Waals surface area contributed by atoms with Gasteiger partial charge in [-0.15, -0.1) is 0 Å². The monoisotopic (exact) mass is 335 g/mol. The molecule has 2 rings (SSSR count). The predicted molar refractivity (Wildman–Crippen MR) is 74.0 cm³/mol. The molecule has 0 saturated carbocycles. The van der Waals surface area contributed by atoms with Gasteiger partial charge in [0, 0.05) is 13.1 Å². The normalized spacial score (nSPS) is 20.4. The number of carboxylic acids is 1. The summed E-state index contributed by atoms with van der Waals surface area (Å²) in [6.07, 6.45) is -0.584. The third kappa shape index (κ3) is 3.35. The maximum atomic E-state index is 12.5. The van der Waals surface area contributed by atoms with Crippen LogP contribution in [0.3, 0.4) is 0 Å². The van der Waals surface area contributed by atoms with Gasteiger partial charge in [0.1, 0.15) is 0 Å². The van der Waals surface area contributed by atoms with E-state index in [0.717, 1.165) is 10.4 Å². The van der Waals surface area contributed by atoms with Crippen molar-refractivity contribution in [2.75, 3.05) is 26.3 Å². The van der Waals surface area contributed by atoms with Crippen molar-refractivity contribution in [3.63, 3.8) is 0 Å². The second-order valence-electron chi connectivity index (χ2n) is 4.49. The van der Waals surface area contributed by atoms with E-state index in [4.69, 9.17) is 26.6 Å². The van der Waals surface area contributed by atoms with E-state index in [-0.39, 0.29) is 41.8 Å². The van der Waals surface area contributed by atoms with Crippen LogP contribution in [0, 0.1) is 0 Å². The third-order valence-electron chi connectivity index (χ3n) is 3.11. The molecule has 1 atom stereocenters. The van der Waals surface area contributed by atoms with E-state index in [2.05, 4.69) is 0 Å². The number of aliphatic hydroxyl groups is 1. The van der Waals surface area contributed by atoms with Crippen molar-refractivity contribution in [2.24, 2.45) is 0 Å². The second-order valence-corrected chi connectivity index (χ2v) is 6.83. The van der Waals surface area contributed by atoms with Crippen molar-refractivity contribution in [3.05, 3.63) is 28.8 Å². The van der Waals surface area contributed by atoms with Crippen LogP contribution in [0.2, 0.25) is 5.02 Å². The lowest BCUT2D eigenvalue weighted by atomic mass is 10.2. The first-order valence-corrected chi connectivity index (χ1v) is 7.93. The molecule has 1 unspecified atom stereocenters. The van der Waals surface area contributed by atoms with Crippen LogP contribution in [-0.4, -0.2) is 61.3 Å². The number of benzene rings is 1. The van der Waals surface area contributed by atoms with E-state index in [1.807, 2.05) is 0 Å². The average molecular weight is 336 g/mol. The molecule has 116 valence electrons. The molecule has 0 bridgehead atoms. The number of ether oxygens (including phenoxy) is 1. The number of aromatic carboxylic acids is 1. The van der Waals surface area contributed by atoms with Crippen LogP contribution < -0.4 is 0 Å². The second kappa shape index (κ2) is 6.29. The largest absolute Gasteiger partial charge is 0.478 e. The van der Waals surface area contributed by atoms with E-state index in [0.29, 0.717) is 0 Å². The van der Waals surface area contributed by atoms with Gasteiger partial charge in [-0.25, -0.2) is 13.2 Å². The molecule has 1 aromatic carbocycles. The molecule has 1 saturated heterocycles. The molecule has 1 aromatic rings. The minimum Gasteiger partial charge on any atom is -0.478 e. The summed E-state index contributed by atoms with van der Waals surface area (Å²) in [6.45, 7) is 0.0462. The number of aliphatic hydroxyl groups excluding tert-OH is 1. The standard InChI is InChI=1S/C12H14ClNO6S/c13-11-2-1-9(5-10(11)12(16)17)21(18,19)14-3-4-20-8(6-14)7-15/h1-2,5,8,15H,3-4,6-7H2,(H,16,17). The van der Waals surface area contributed by atoms with Gasteiger partial charge in [-0.05, 0) is 18.2 Å². The van der Waals surface area contributed by atoms with Crippen molar-refractivity contribution in [1.82, 2.24) is 4.31 Å². The van der Waals surface area contributed by atoms with Gasteiger partial charge >= 0.3 is 5.97 Å². The molecule has 9 heteroatoms. The highest BCUT2D eigenvalue weighted by molar-refractivity contribution is 7.89. The van der Waals surface area contributed by atoms with E-state index < -0.39 is 22.1 Å². The quantitative estimate of drug-likeness (QED) is 0.826. The molecule has 21 heavy (non-hydrogen) atoms. The Morgan fingerprint density at radius 3 is 2.81 bits per heavy atom. The number of hydrogen-bond donors (Lipinski definition) is 2. The zero-order valence-corrected chi connectivity index (χ0v) is 12.5. The topological polar surface area (TPSA) is 104 Å². The fraction of sp³-hybridized carbons (Fsp3) is 0.417. The lowest BCUT2D eigenvalue weighted by molar-refractivity contribution is -0.0304. The van der Waals surface area contributed by atoms with Crippen molar-refractivity contribution >= 4 is 27.6 Å². The number of halogens is 1. The van der Waals surface area contributed by atoms with Crippen LogP contribution in [0.4, 0.5) is 0 Å². The van der Waals surface area contributed by atoms with Gasteiger partial charge in [0.2, 0.25) is 10.0 Å². The minimum absolute atomic E-state index is 0.0177. The SMILES string of the molecule is O=C(O)c1cc(S(=O)(=O)N2CCOC(CO)C2)ccc1Cl. The van der Waals surface area contributed by atoms with Crippen LogP contribution in [0.1, 0.15) is 10.4 Å². The Morgan fingerprint density at radius 1 is 1.48 bits per heavy atom. The van der Waals surface area contributed by atoms with Gasteiger partial charge in [0.05, 0.1) is 34.8 Å². The lowest BCUT2D eigenvalue weighted by Crippen LogP contribution is -2.46. The summed E-state index contributed by atoms with van der Waals surface area (Å²) >= 11 is 5.73. The van der Waals surface area contributed by atoms with Gasteiger partial charge in [0.15, 0.2) is 0 Å². The smallest absolute Gasteiger partial charge is 0.337 e. The van der Waals surface area contributed by atoms with Crippen LogP contribution in [0.15, 0.2) is 23.1 Å². The van der Waals surface area contributed by atoms with E-state index in [1.165, 1.54) is 12.1 Å². The summed E-state index contributed by atoms with van der Waals surface area (Å²) in [5.74, 6) is -1.30. The molecular weight excluding hydrogens is 322 g/mol. The van der Waals surface area contributed by atoms with Crippen molar-refractivity contribution < 1.29 is 28.2 Å². The van der Waals surface area contributed by atoms with Gasteiger partial charge in [-0.1, -0.05) is 11.6 Å². The summed E-state index contributed by atoms with van der Waals surface area (Å²) in [6, 6.07) is 3.53. The maximum absolute atomic E-state index is 12.5. The van der Waals surface area contributed by atoms with Crippen LogP contribution in [-0.2, 0) is 14.8 Å². The van der Waals surface area contributed by atoms with Crippen molar-refractivity contribution in [2.45, 2.75) is 11.0 Å². The molecule has 0 aromatic heterocycles. The maximum Gasteiger partial charge on any atom is 0.337 e. The highest BCUT2D eigenvalue weighted by Crippen LogP contribution is 2.24. The number of rotatable bonds is 4. The Morgan fingerprint density at radius 2 is 2.19 bits per heavy atom. The molecule has 0 spiro atoms. The number of morpholine rings is 1. The van der Waals surface area contributed by atoms with E-state index in [1.54, 1.807) is 0 Å². The van der Waals surface area contributed by atoms with E-state index in [9.17, 15) is 13.2 Å². The lowest BCUT2D eigenvalue weighted by Gasteiger charge is -2.31. The van der Waals surface area contributed by atoms with Gasteiger partial charge in [-0.3, -0.25) is 0 Å². The Hall–Kier alpha value is -1.19. The number of carbonyl (C=O) groups is 1. The van der Waals surface area contributed by atoms with Gasteiger partial charge in [-0.2, -0.15) is 4.31 Å². The first-order valence-electron chi connectivity index (χ1n) is 6.11. The Labute approximate surface area is 126 Å². The summed E-state index contributed by atoms with van der Waals surface area (Å²) < 4.78 is 31.3. The first kappa shape index (κ1) is 16.2. The van der Waals surface area contributed by atoms with Crippen molar-refractivity contribution in [1.29, 1.82) is 0 Å². The molecule has 0 amide bonds. The molecule has 1 aliphatic rings. The zero-order valence-electron chi connectivity index (χ0n) is 10.9. The summed E-state index contributed by atoms with van der Waals surface area (Å²) in [5.41, 5.74) is -0.273. The molecular formula is C12H14ClNO6S. The third-order valence-corrected chi connectivity index (χ3v) is 5.30. The molecule has 1 heterocycles. The molecule has 2 N–H and O–H groups in total. The average Bonchev–Trinajstić information content (AvgIpc) is 2.47. The Balaban J connectivity index is 2.35. The summed E-state index contributed by atoms with van der Waals surface area (Å²) in [7, 11) is -3.86.